The first-order valence-electron chi connectivity index (χ1n) is 5.90. The third-order valence-electron chi connectivity index (χ3n) is 2.66. The summed E-state index contributed by atoms with van der Waals surface area (Å²) in [6.07, 6.45) is 0.0442. The second kappa shape index (κ2) is 8.09. The molecule has 0 fully saturated rings. The van der Waals surface area contributed by atoms with E-state index in [1.54, 1.807) is 13.2 Å². The van der Waals surface area contributed by atoms with E-state index in [1.165, 1.54) is 12.1 Å². The minimum absolute atomic E-state index is 0.0442. The van der Waals surface area contributed by atoms with E-state index in [0.29, 0.717) is 31.3 Å². The molecule has 106 valence electrons. The van der Waals surface area contributed by atoms with E-state index in [9.17, 15) is 9.18 Å². The molecule has 0 heterocycles. The lowest BCUT2D eigenvalue weighted by Crippen LogP contribution is -2.29. The zero-order valence-corrected chi connectivity index (χ0v) is 11.5. The predicted octanol–water partition coefficient (Wildman–Crippen LogP) is 2.40. The van der Waals surface area contributed by atoms with Gasteiger partial charge < -0.3 is 9.84 Å². The summed E-state index contributed by atoms with van der Waals surface area (Å²) in [6.45, 7) is 1.96. The van der Waals surface area contributed by atoms with E-state index in [1.807, 2.05) is 4.90 Å². The Hall–Kier alpha value is -1.17. The van der Waals surface area contributed by atoms with E-state index < -0.39 is 5.97 Å². The molecule has 0 radical (unpaired) electrons. The van der Waals surface area contributed by atoms with Crippen molar-refractivity contribution < 1.29 is 19.0 Å². The van der Waals surface area contributed by atoms with Gasteiger partial charge >= 0.3 is 5.97 Å². The molecule has 0 aliphatic rings. The first-order valence-corrected chi connectivity index (χ1v) is 6.27. The van der Waals surface area contributed by atoms with Crippen molar-refractivity contribution in [2.45, 2.75) is 13.0 Å². The highest BCUT2D eigenvalue weighted by Gasteiger charge is 2.11. The van der Waals surface area contributed by atoms with Crippen molar-refractivity contribution in [3.63, 3.8) is 0 Å². The van der Waals surface area contributed by atoms with E-state index in [-0.39, 0.29) is 12.2 Å². The van der Waals surface area contributed by atoms with Crippen LogP contribution in [0.2, 0.25) is 5.02 Å². The number of hydrogen-bond donors (Lipinski definition) is 1. The largest absolute Gasteiger partial charge is 0.481 e. The number of rotatable bonds is 8. The van der Waals surface area contributed by atoms with Crippen molar-refractivity contribution in [2.75, 3.05) is 26.8 Å². The van der Waals surface area contributed by atoms with Crippen molar-refractivity contribution in [3.8, 4) is 0 Å². The highest BCUT2D eigenvalue weighted by atomic mass is 35.5. The number of carboxylic acid groups (broad SMARTS) is 1. The summed E-state index contributed by atoms with van der Waals surface area (Å²) in [5.41, 5.74) is 0.768. The van der Waals surface area contributed by atoms with Crippen LogP contribution in [0.4, 0.5) is 4.39 Å². The van der Waals surface area contributed by atoms with Crippen LogP contribution in [-0.2, 0) is 16.1 Å². The van der Waals surface area contributed by atoms with Crippen LogP contribution < -0.4 is 0 Å². The number of ether oxygens (including phenoxy) is 1. The van der Waals surface area contributed by atoms with Crippen LogP contribution in [-0.4, -0.2) is 42.8 Å². The van der Waals surface area contributed by atoms with E-state index in [2.05, 4.69) is 0 Å². The smallest absolute Gasteiger partial charge is 0.304 e. The third kappa shape index (κ3) is 6.00. The van der Waals surface area contributed by atoms with Gasteiger partial charge in [0.2, 0.25) is 0 Å². The molecule has 6 heteroatoms. The molecular formula is C13H17ClFNO3. The molecule has 4 nitrogen and oxygen atoms in total. The first-order chi connectivity index (χ1) is 9.02. The van der Waals surface area contributed by atoms with Crippen molar-refractivity contribution in [1.82, 2.24) is 4.90 Å². The summed E-state index contributed by atoms with van der Waals surface area (Å²) in [6, 6.07) is 4.20. The zero-order chi connectivity index (χ0) is 14.3. The molecule has 0 amide bonds. The number of benzene rings is 1. The lowest BCUT2D eigenvalue weighted by atomic mass is 10.2. The summed E-state index contributed by atoms with van der Waals surface area (Å²) in [5, 5.41) is 9.06. The maximum Gasteiger partial charge on any atom is 0.304 e. The minimum Gasteiger partial charge on any atom is -0.481 e. The van der Waals surface area contributed by atoms with Gasteiger partial charge in [-0.15, -0.1) is 0 Å². The normalized spacial score (nSPS) is 10.9. The van der Waals surface area contributed by atoms with Crippen LogP contribution in [0.3, 0.4) is 0 Å². The first kappa shape index (κ1) is 15.9. The fourth-order valence-electron chi connectivity index (χ4n) is 1.63. The van der Waals surface area contributed by atoms with Gasteiger partial charge in [-0.3, -0.25) is 9.69 Å². The molecule has 0 bridgehead atoms. The zero-order valence-electron chi connectivity index (χ0n) is 10.7. The SMILES string of the molecule is COCCN(CCC(=O)O)Cc1ccc(F)cc1Cl. The average molecular weight is 290 g/mol. The fourth-order valence-corrected chi connectivity index (χ4v) is 1.86. The molecule has 0 aliphatic carbocycles. The summed E-state index contributed by atoms with van der Waals surface area (Å²) in [5.74, 6) is -1.24. The lowest BCUT2D eigenvalue weighted by molar-refractivity contribution is -0.137. The number of carboxylic acids is 1. The van der Waals surface area contributed by atoms with Crippen LogP contribution >= 0.6 is 11.6 Å². The van der Waals surface area contributed by atoms with E-state index in [0.717, 1.165) is 5.56 Å². The van der Waals surface area contributed by atoms with Gasteiger partial charge in [-0.1, -0.05) is 17.7 Å². The molecule has 0 aromatic heterocycles. The van der Waals surface area contributed by atoms with Crippen LogP contribution in [0.1, 0.15) is 12.0 Å². The molecule has 0 aliphatic heterocycles. The van der Waals surface area contributed by atoms with Crippen molar-refractivity contribution in [3.05, 3.63) is 34.6 Å². The number of nitrogens with zero attached hydrogens (tertiary/aromatic N) is 1. The number of aliphatic carboxylic acids is 1. The monoisotopic (exact) mass is 289 g/mol. The van der Waals surface area contributed by atoms with Crippen LogP contribution in [0.5, 0.6) is 0 Å². The van der Waals surface area contributed by atoms with Gasteiger partial charge in [0.25, 0.3) is 0 Å². The van der Waals surface area contributed by atoms with Crippen LogP contribution in [0.15, 0.2) is 18.2 Å². The van der Waals surface area contributed by atoms with Gasteiger partial charge in [0.15, 0.2) is 0 Å². The summed E-state index contributed by atoms with van der Waals surface area (Å²) < 4.78 is 17.9. The Balaban J connectivity index is 2.66. The predicted molar refractivity (Wildman–Crippen MR) is 70.8 cm³/mol. The molecule has 0 saturated carbocycles. The van der Waals surface area contributed by atoms with Gasteiger partial charge in [0.1, 0.15) is 5.82 Å². The maximum atomic E-state index is 12.9. The van der Waals surface area contributed by atoms with E-state index in [4.69, 9.17) is 21.4 Å². The van der Waals surface area contributed by atoms with Gasteiger partial charge in [-0.05, 0) is 17.7 Å². The quantitative estimate of drug-likeness (QED) is 0.798. The minimum atomic E-state index is -0.854. The van der Waals surface area contributed by atoms with E-state index >= 15 is 0 Å². The van der Waals surface area contributed by atoms with Gasteiger partial charge in [0, 0.05) is 31.8 Å². The summed E-state index contributed by atoms with van der Waals surface area (Å²) >= 11 is 5.96. The lowest BCUT2D eigenvalue weighted by Gasteiger charge is -2.21. The van der Waals surface area contributed by atoms with Crippen LogP contribution in [0, 0.1) is 5.82 Å². The topological polar surface area (TPSA) is 49.8 Å². The fraction of sp³-hybridized carbons (Fsp3) is 0.462. The molecule has 1 aromatic rings. The third-order valence-corrected chi connectivity index (χ3v) is 3.01. The Bertz CT molecular complexity index is 428. The van der Waals surface area contributed by atoms with Gasteiger partial charge in [-0.2, -0.15) is 0 Å². The van der Waals surface area contributed by atoms with Gasteiger partial charge in [0.05, 0.1) is 13.0 Å². The van der Waals surface area contributed by atoms with Crippen molar-refractivity contribution >= 4 is 17.6 Å². The molecular weight excluding hydrogens is 273 g/mol. The number of methoxy groups -OCH3 is 1. The Morgan fingerprint density at radius 3 is 2.79 bits per heavy atom. The maximum absolute atomic E-state index is 12.9. The number of carbonyl (C=O) groups is 1. The van der Waals surface area contributed by atoms with Crippen LogP contribution in [0.25, 0.3) is 0 Å². The number of hydrogen-bond acceptors (Lipinski definition) is 3. The van der Waals surface area contributed by atoms with Crippen molar-refractivity contribution in [2.24, 2.45) is 0 Å². The van der Waals surface area contributed by atoms with Gasteiger partial charge in [-0.25, -0.2) is 4.39 Å². The molecule has 1 N–H and O–H groups in total. The Morgan fingerprint density at radius 2 is 2.21 bits per heavy atom. The summed E-state index contributed by atoms with van der Waals surface area (Å²) in [4.78, 5) is 12.5. The molecule has 0 saturated heterocycles. The molecule has 0 spiro atoms. The van der Waals surface area contributed by atoms with Crippen molar-refractivity contribution in [1.29, 1.82) is 0 Å². The second-order valence-electron chi connectivity index (χ2n) is 4.15. The molecule has 0 atom stereocenters. The standard InChI is InChI=1S/C13H17ClFNO3/c1-19-7-6-16(5-4-13(17)18)9-10-2-3-11(15)8-12(10)14/h2-3,8H,4-7,9H2,1H3,(H,17,18). The average Bonchev–Trinajstić information content (AvgIpc) is 2.35. The molecule has 1 rings (SSSR count). The summed E-state index contributed by atoms with van der Waals surface area (Å²) in [7, 11) is 1.58. The Labute approximate surface area is 116 Å². The Kier molecular flexibility index (Phi) is 6.77. The molecule has 0 unspecified atom stereocenters. The number of halogens is 2. The highest BCUT2D eigenvalue weighted by molar-refractivity contribution is 6.31. The Morgan fingerprint density at radius 1 is 1.47 bits per heavy atom. The molecule has 1 aromatic carbocycles. The molecule has 19 heavy (non-hydrogen) atoms. The highest BCUT2D eigenvalue weighted by Crippen LogP contribution is 2.19. The second-order valence-corrected chi connectivity index (χ2v) is 4.56.